The van der Waals surface area contributed by atoms with Crippen molar-refractivity contribution < 1.29 is 32.1 Å². The number of carbonyl (C=O) groups excluding carboxylic acids is 2. The molecule has 0 radical (unpaired) electrons. The van der Waals surface area contributed by atoms with Gasteiger partial charge in [-0.05, 0) is 26.3 Å². The summed E-state index contributed by atoms with van der Waals surface area (Å²) < 4.78 is 56.0. The Labute approximate surface area is 163 Å². The number of hydrogen-bond donors (Lipinski definition) is 0. The number of hydrogen-bond acceptors (Lipinski definition) is 4. The molecule has 0 heterocycles. The molecule has 0 saturated heterocycles. The number of rotatable bonds is 4. The first-order valence-corrected chi connectivity index (χ1v) is 8.57. The van der Waals surface area contributed by atoms with Crippen LogP contribution in [-0.2, 0) is 19.5 Å². The van der Waals surface area contributed by atoms with Crippen LogP contribution in [0.4, 0.5) is 13.2 Å². The summed E-state index contributed by atoms with van der Waals surface area (Å²) in [6.45, 7) is 4.35. The lowest BCUT2D eigenvalue weighted by molar-refractivity contribution is -0.204. The summed E-state index contributed by atoms with van der Waals surface area (Å²) >= 11 is 0. The molecule has 0 aliphatic heterocycles. The number of carbonyl (C=O) groups is 2. The van der Waals surface area contributed by atoms with Crippen molar-refractivity contribution >= 4 is 20.9 Å². The van der Waals surface area contributed by atoms with Crippen LogP contribution in [-0.4, -0.2) is 23.5 Å². The zero-order valence-corrected chi connectivity index (χ0v) is 16.5. The van der Waals surface area contributed by atoms with Crippen molar-refractivity contribution in [3.8, 4) is 0 Å². The Balaban J connectivity index is 0.00000190. The van der Waals surface area contributed by atoms with Gasteiger partial charge in [-0.2, -0.15) is 13.2 Å². The SMILES string of the molecule is CC(C)(C)OC(=O)C(C(=O)c1ccccc1)(c1ccccc1)C(F)(F)F.O=P. The predicted molar refractivity (Wildman–Crippen MR) is 99.8 cm³/mol. The minimum absolute atomic E-state index is 0.223. The summed E-state index contributed by atoms with van der Waals surface area (Å²) in [6, 6.07) is 13.4. The van der Waals surface area contributed by atoms with E-state index in [1.165, 1.54) is 63.2 Å². The number of Topliss-reactive ketones (excluding diaryl/α,β-unsaturated/α-hetero) is 1. The van der Waals surface area contributed by atoms with E-state index < -0.39 is 34.5 Å². The Kier molecular flexibility index (Phi) is 7.65. The van der Waals surface area contributed by atoms with Crippen LogP contribution >= 0.6 is 9.12 Å². The van der Waals surface area contributed by atoms with E-state index in [9.17, 15) is 22.8 Å². The second-order valence-electron chi connectivity index (χ2n) is 6.81. The van der Waals surface area contributed by atoms with Gasteiger partial charge in [0.05, 0.1) is 0 Å². The summed E-state index contributed by atoms with van der Waals surface area (Å²) in [4.78, 5) is 25.8. The van der Waals surface area contributed by atoms with Crippen molar-refractivity contribution in [2.24, 2.45) is 0 Å². The molecule has 0 aromatic heterocycles. The van der Waals surface area contributed by atoms with E-state index in [1.807, 2.05) is 0 Å². The topological polar surface area (TPSA) is 60.4 Å². The van der Waals surface area contributed by atoms with Gasteiger partial charge in [-0.1, -0.05) is 60.7 Å². The van der Waals surface area contributed by atoms with Gasteiger partial charge < -0.3 is 4.74 Å². The van der Waals surface area contributed by atoms with Crippen LogP contribution < -0.4 is 0 Å². The van der Waals surface area contributed by atoms with Crippen LogP contribution in [0.15, 0.2) is 60.7 Å². The highest BCUT2D eigenvalue weighted by molar-refractivity contribution is 7.00. The normalized spacial score (nSPS) is 13.5. The largest absolute Gasteiger partial charge is 0.459 e. The van der Waals surface area contributed by atoms with E-state index in [0.29, 0.717) is 0 Å². The molecule has 150 valence electrons. The standard InChI is InChI=1S/C20H19F3O3.HOP/c1-18(2,3)26-17(25)19(20(21,22)23,15-12-8-5-9-13-15)16(24)14-10-6-4-7-11-14;1-2/h4-13H,1-3H3;2H. The van der Waals surface area contributed by atoms with Gasteiger partial charge in [0, 0.05) is 5.56 Å². The number of ketones is 1. The van der Waals surface area contributed by atoms with Gasteiger partial charge in [0.25, 0.3) is 0 Å². The molecule has 2 rings (SSSR count). The van der Waals surface area contributed by atoms with Gasteiger partial charge >= 0.3 is 12.1 Å². The lowest BCUT2D eigenvalue weighted by Crippen LogP contribution is -2.57. The van der Waals surface area contributed by atoms with Crippen molar-refractivity contribution in [3.63, 3.8) is 0 Å². The maximum atomic E-state index is 14.3. The molecule has 0 spiro atoms. The third-order valence-corrected chi connectivity index (χ3v) is 3.71. The number of ether oxygens (including phenoxy) is 1. The maximum absolute atomic E-state index is 14.3. The lowest BCUT2D eigenvalue weighted by Gasteiger charge is -2.35. The quantitative estimate of drug-likeness (QED) is 0.300. The van der Waals surface area contributed by atoms with E-state index in [0.717, 1.165) is 12.1 Å². The molecule has 4 nitrogen and oxygen atoms in total. The van der Waals surface area contributed by atoms with Crippen LogP contribution in [0.2, 0.25) is 0 Å². The van der Waals surface area contributed by atoms with Gasteiger partial charge in [0.2, 0.25) is 5.41 Å². The molecule has 1 unspecified atom stereocenters. The van der Waals surface area contributed by atoms with E-state index >= 15 is 0 Å². The molecule has 28 heavy (non-hydrogen) atoms. The van der Waals surface area contributed by atoms with Gasteiger partial charge in [0.1, 0.15) is 14.7 Å². The zero-order valence-electron chi connectivity index (χ0n) is 15.5. The molecule has 0 fully saturated rings. The van der Waals surface area contributed by atoms with Crippen LogP contribution in [0, 0.1) is 0 Å². The van der Waals surface area contributed by atoms with Crippen LogP contribution in [0.1, 0.15) is 36.7 Å². The summed E-state index contributed by atoms with van der Waals surface area (Å²) in [7, 11) is 1.72. The number of benzene rings is 2. The second kappa shape index (κ2) is 9.11. The zero-order chi connectivity index (χ0) is 21.6. The smallest absolute Gasteiger partial charge is 0.416 e. The molecule has 2 aromatic carbocycles. The summed E-state index contributed by atoms with van der Waals surface area (Å²) in [5, 5.41) is 0. The van der Waals surface area contributed by atoms with Gasteiger partial charge in [-0.15, -0.1) is 0 Å². The average molecular weight is 412 g/mol. The van der Waals surface area contributed by atoms with Gasteiger partial charge in [-0.25, -0.2) is 0 Å². The third kappa shape index (κ3) is 4.84. The molecular formula is C20H20F3O4P. The van der Waals surface area contributed by atoms with E-state index in [2.05, 4.69) is 0 Å². The summed E-state index contributed by atoms with van der Waals surface area (Å²) in [5.74, 6) is -3.01. The molecule has 0 aliphatic carbocycles. The molecule has 0 N–H and O–H groups in total. The Morgan fingerprint density at radius 3 is 1.64 bits per heavy atom. The average Bonchev–Trinajstić information content (AvgIpc) is 2.63. The minimum Gasteiger partial charge on any atom is -0.459 e. The van der Waals surface area contributed by atoms with Crippen LogP contribution in [0.5, 0.6) is 0 Å². The van der Waals surface area contributed by atoms with Crippen molar-refractivity contribution in [3.05, 3.63) is 71.8 Å². The number of esters is 1. The Morgan fingerprint density at radius 1 is 0.821 bits per heavy atom. The third-order valence-electron chi connectivity index (χ3n) is 3.71. The van der Waals surface area contributed by atoms with Crippen molar-refractivity contribution in [1.29, 1.82) is 0 Å². The maximum Gasteiger partial charge on any atom is 0.416 e. The summed E-state index contributed by atoms with van der Waals surface area (Å²) in [6.07, 6.45) is -5.19. The fourth-order valence-electron chi connectivity index (χ4n) is 2.60. The fourth-order valence-corrected chi connectivity index (χ4v) is 2.60. The first kappa shape index (κ1) is 23.5. The molecule has 0 bridgehead atoms. The molecular weight excluding hydrogens is 392 g/mol. The molecule has 2 aromatic rings. The Morgan fingerprint density at radius 2 is 1.25 bits per heavy atom. The Hall–Kier alpha value is -2.53. The van der Waals surface area contributed by atoms with Crippen molar-refractivity contribution in [2.75, 3.05) is 0 Å². The summed E-state index contributed by atoms with van der Waals surface area (Å²) in [5.41, 5.74) is -5.34. The van der Waals surface area contributed by atoms with Crippen molar-refractivity contribution in [2.45, 2.75) is 38.0 Å². The molecule has 1 atom stereocenters. The van der Waals surface area contributed by atoms with Crippen LogP contribution in [0.3, 0.4) is 0 Å². The van der Waals surface area contributed by atoms with Crippen molar-refractivity contribution in [1.82, 2.24) is 0 Å². The molecule has 8 heteroatoms. The number of halogens is 3. The minimum atomic E-state index is -5.19. The second-order valence-corrected chi connectivity index (χ2v) is 6.81. The highest BCUT2D eigenvalue weighted by Crippen LogP contribution is 2.45. The van der Waals surface area contributed by atoms with E-state index in [1.54, 1.807) is 15.2 Å². The first-order chi connectivity index (χ1) is 13.0. The molecule has 0 amide bonds. The van der Waals surface area contributed by atoms with Gasteiger partial charge in [-0.3, -0.25) is 14.2 Å². The van der Waals surface area contributed by atoms with E-state index in [4.69, 9.17) is 9.30 Å². The predicted octanol–water partition coefficient (Wildman–Crippen LogP) is 5.19. The van der Waals surface area contributed by atoms with E-state index in [-0.39, 0.29) is 5.56 Å². The fraction of sp³-hybridized carbons (Fsp3) is 0.300. The molecule has 0 saturated carbocycles. The lowest BCUT2D eigenvalue weighted by atomic mass is 9.73. The monoisotopic (exact) mass is 412 g/mol. The number of alkyl halides is 3. The van der Waals surface area contributed by atoms with Crippen LogP contribution in [0.25, 0.3) is 0 Å². The van der Waals surface area contributed by atoms with Gasteiger partial charge in [0.15, 0.2) is 5.78 Å². The molecule has 0 aliphatic rings. The highest BCUT2D eigenvalue weighted by atomic mass is 31.0. The Bertz CT molecular complexity index is 802. The first-order valence-electron chi connectivity index (χ1n) is 8.16. The highest BCUT2D eigenvalue weighted by Gasteiger charge is 2.68.